The van der Waals surface area contributed by atoms with Crippen molar-refractivity contribution in [3.05, 3.63) is 100 Å². The first-order valence-corrected chi connectivity index (χ1v) is 12.7. The Morgan fingerprint density at radius 3 is 2.44 bits per heavy atom. The number of hydrogen-bond donors (Lipinski definition) is 5. The van der Waals surface area contributed by atoms with Crippen LogP contribution in [0.25, 0.3) is 0 Å². The largest absolute Gasteiger partial charge is 0.508 e. The van der Waals surface area contributed by atoms with Gasteiger partial charge in [-0.2, -0.15) is 0 Å². The molecule has 6 heteroatoms. The van der Waals surface area contributed by atoms with Gasteiger partial charge in [0.1, 0.15) is 5.75 Å². The second-order valence-electron chi connectivity index (χ2n) is 9.84. The standard InChI is InChI=1S/C30H36N2O4/c1-20(31-18-29(35)25-10-11-28(34)26(15-25)19-33)13-22-6-4-5-21(14-22)9-12-30(36)32-27-16-23-7-2-3-8-24(23)17-27/h2-8,10-11,14-15,20,27,29,31,33-35H,9,12-13,16-19H2,1H3,(H,32,36)/t20-,29-/m1/s1. The molecule has 2 atom stereocenters. The molecule has 0 saturated carbocycles. The highest BCUT2D eigenvalue weighted by molar-refractivity contribution is 5.76. The number of phenols is 1. The van der Waals surface area contributed by atoms with E-state index in [-0.39, 0.29) is 30.3 Å². The Morgan fingerprint density at radius 2 is 1.72 bits per heavy atom. The third-order valence-corrected chi connectivity index (χ3v) is 6.91. The van der Waals surface area contributed by atoms with E-state index >= 15 is 0 Å². The monoisotopic (exact) mass is 488 g/mol. The highest BCUT2D eigenvalue weighted by atomic mass is 16.3. The van der Waals surface area contributed by atoms with Gasteiger partial charge in [0, 0.05) is 30.6 Å². The lowest BCUT2D eigenvalue weighted by atomic mass is 10.0. The van der Waals surface area contributed by atoms with Gasteiger partial charge in [-0.15, -0.1) is 0 Å². The summed E-state index contributed by atoms with van der Waals surface area (Å²) in [6.45, 7) is 2.16. The number of carbonyl (C=O) groups excluding carboxylic acids is 1. The number of fused-ring (bicyclic) bond motifs is 1. The summed E-state index contributed by atoms with van der Waals surface area (Å²) in [6, 6.07) is 21.8. The van der Waals surface area contributed by atoms with Crippen molar-refractivity contribution in [1.82, 2.24) is 10.6 Å². The van der Waals surface area contributed by atoms with Crippen molar-refractivity contribution in [2.45, 2.75) is 63.8 Å². The number of hydrogen-bond acceptors (Lipinski definition) is 5. The fourth-order valence-electron chi connectivity index (χ4n) is 4.93. The van der Waals surface area contributed by atoms with E-state index in [2.05, 4.69) is 60.0 Å². The van der Waals surface area contributed by atoms with Crippen LogP contribution < -0.4 is 10.6 Å². The predicted octanol–water partition coefficient (Wildman–Crippen LogP) is 3.35. The first kappa shape index (κ1) is 25.9. The molecule has 36 heavy (non-hydrogen) atoms. The number of carbonyl (C=O) groups is 1. The van der Waals surface area contributed by atoms with Gasteiger partial charge in [0.2, 0.25) is 5.91 Å². The normalized spacial score (nSPS) is 14.9. The number of aliphatic hydroxyl groups is 2. The van der Waals surface area contributed by atoms with E-state index in [9.17, 15) is 20.1 Å². The van der Waals surface area contributed by atoms with E-state index in [1.807, 2.05) is 6.07 Å². The van der Waals surface area contributed by atoms with Crippen molar-refractivity contribution in [3.63, 3.8) is 0 Å². The maximum Gasteiger partial charge on any atom is 0.220 e. The second-order valence-corrected chi connectivity index (χ2v) is 9.84. The van der Waals surface area contributed by atoms with Gasteiger partial charge in [-0.05, 0) is 72.6 Å². The maximum atomic E-state index is 12.5. The van der Waals surface area contributed by atoms with Gasteiger partial charge in [-0.25, -0.2) is 0 Å². The van der Waals surface area contributed by atoms with E-state index in [1.165, 1.54) is 22.8 Å². The molecular weight excluding hydrogens is 452 g/mol. The summed E-state index contributed by atoms with van der Waals surface area (Å²) in [5.74, 6) is 0.122. The minimum Gasteiger partial charge on any atom is -0.508 e. The third kappa shape index (κ3) is 6.94. The zero-order chi connectivity index (χ0) is 25.5. The van der Waals surface area contributed by atoms with Crippen LogP contribution in [-0.4, -0.2) is 39.9 Å². The number of nitrogens with one attached hydrogen (secondary N) is 2. The first-order chi connectivity index (χ1) is 17.4. The quantitative estimate of drug-likeness (QED) is 0.285. The molecule has 0 aromatic heterocycles. The number of amides is 1. The van der Waals surface area contributed by atoms with Crippen molar-refractivity contribution in [2.75, 3.05) is 6.54 Å². The van der Waals surface area contributed by atoms with Crippen molar-refractivity contribution < 1.29 is 20.1 Å². The molecule has 3 aromatic rings. The van der Waals surface area contributed by atoms with Gasteiger partial charge >= 0.3 is 0 Å². The first-order valence-electron chi connectivity index (χ1n) is 12.7. The Bertz CT molecular complexity index is 1150. The second kappa shape index (κ2) is 12.2. The molecule has 1 aliphatic rings. The van der Waals surface area contributed by atoms with Crippen molar-refractivity contribution in [3.8, 4) is 5.75 Å². The molecule has 0 aliphatic heterocycles. The summed E-state index contributed by atoms with van der Waals surface area (Å²) in [5.41, 5.74) is 6.05. The molecule has 0 spiro atoms. The zero-order valence-corrected chi connectivity index (χ0v) is 20.8. The van der Waals surface area contributed by atoms with Crippen LogP contribution in [0.15, 0.2) is 66.7 Å². The lowest BCUT2D eigenvalue weighted by molar-refractivity contribution is -0.121. The smallest absolute Gasteiger partial charge is 0.220 e. The molecule has 0 saturated heterocycles. The SMILES string of the molecule is C[C@H](Cc1cccc(CCC(=O)NC2Cc3ccccc3C2)c1)NC[C@@H](O)c1ccc(O)c(CO)c1. The number of aryl methyl sites for hydroxylation is 1. The van der Waals surface area contributed by atoms with Gasteiger partial charge in [0.25, 0.3) is 0 Å². The molecule has 0 radical (unpaired) electrons. The summed E-state index contributed by atoms with van der Waals surface area (Å²) >= 11 is 0. The van der Waals surface area contributed by atoms with Crippen LogP contribution in [0.3, 0.4) is 0 Å². The molecule has 6 nitrogen and oxygen atoms in total. The molecule has 0 heterocycles. The zero-order valence-electron chi connectivity index (χ0n) is 20.8. The van der Waals surface area contributed by atoms with E-state index < -0.39 is 6.10 Å². The maximum absolute atomic E-state index is 12.5. The van der Waals surface area contributed by atoms with Crippen molar-refractivity contribution >= 4 is 5.91 Å². The molecule has 0 fully saturated rings. The summed E-state index contributed by atoms with van der Waals surface area (Å²) in [6.07, 6.45) is 3.05. The van der Waals surface area contributed by atoms with Crippen molar-refractivity contribution in [2.24, 2.45) is 0 Å². The van der Waals surface area contributed by atoms with Crippen LogP contribution in [-0.2, 0) is 37.1 Å². The van der Waals surface area contributed by atoms with Gasteiger partial charge in [0.15, 0.2) is 0 Å². The van der Waals surface area contributed by atoms with Crippen LogP contribution in [0.2, 0.25) is 0 Å². The number of benzene rings is 3. The number of aliphatic hydroxyl groups excluding tert-OH is 2. The number of aromatic hydroxyl groups is 1. The summed E-state index contributed by atoms with van der Waals surface area (Å²) < 4.78 is 0. The Hall–Kier alpha value is -3.19. The molecule has 4 rings (SSSR count). The molecule has 1 amide bonds. The van der Waals surface area contributed by atoms with E-state index in [0.717, 1.165) is 24.8 Å². The van der Waals surface area contributed by atoms with Crippen LogP contribution in [0, 0.1) is 0 Å². The Morgan fingerprint density at radius 1 is 1.00 bits per heavy atom. The van der Waals surface area contributed by atoms with Gasteiger partial charge in [0.05, 0.1) is 12.7 Å². The van der Waals surface area contributed by atoms with E-state index in [4.69, 9.17) is 0 Å². The highest BCUT2D eigenvalue weighted by Gasteiger charge is 2.22. The molecular formula is C30H36N2O4. The highest BCUT2D eigenvalue weighted by Crippen LogP contribution is 2.23. The van der Waals surface area contributed by atoms with Gasteiger partial charge in [-0.3, -0.25) is 4.79 Å². The Kier molecular flexibility index (Phi) is 8.75. The summed E-state index contributed by atoms with van der Waals surface area (Å²) in [7, 11) is 0. The fourth-order valence-corrected chi connectivity index (χ4v) is 4.93. The van der Waals surface area contributed by atoms with E-state index in [1.54, 1.807) is 12.1 Å². The lowest BCUT2D eigenvalue weighted by Crippen LogP contribution is -2.35. The molecule has 3 aromatic carbocycles. The molecule has 1 aliphatic carbocycles. The van der Waals surface area contributed by atoms with Crippen LogP contribution >= 0.6 is 0 Å². The minimum atomic E-state index is -0.740. The number of rotatable bonds is 11. The average Bonchev–Trinajstić information content (AvgIpc) is 3.29. The predicted molar refractivity (Wildman–Crippen MR) is 141 cm³/mol. The summed E-state index contributed by atoms with van der Waals surface area (Å²) in [4.78, 5) is 12.5. The van der Waals surface area contributed by atoms with Crippen molar-refractivity contribution in [1.29, 1.82) is 0 Å². The Labute approximate surface area is 213 Å². The van der Waals surface area contributed by atoms with Crippen LogP contribution in [0.4, 0.5) is 0 Å². The van der Waals surface area contributed by atoms with Crippen LogP contribution in [0.1, 0.15) is 52.8 Å². The van der Waals surface area contributed by atoms with Gasteiger partial charge < -0.3 is 26.0 Å². The molecule has 190 valence electrons. The Balaban J connectivity index is 1.21. The third-order valence-electron chi connectivity index (χ3n) is 6.91. The average molecular weight is 489 g/mol. The van der Waals surface area contributed by atoms with E-state index in [0.29, 0.717) is 30.5 Å². The molecule has 5 N–H and O–H groups in total. The van der Waals surface area contributed by atoms with Crippen LogP contribution in [0.5, 0.6) is 5.75 Å². The molecule has 0 bridgehead atoms. The molecule has 0 unspecified atom stereocenters. The lowest BCUT2D eigenvalue weighted by Gasteiger charge is -2.18. The summed E-state index contributed by atoms with van der Waals surface area (Å²) in [5, 5.41) is 36.1. The fraction of sp³-hybridized carbons (Fsp3) is 0.367. The van der Waals surface area contributed by atoms with Gasteiger partial charge in [-0.1, -0.05) is 54.6 Å². The minimum absolute atomic E-state index is 0.0243. The topological polar surface area (TPSA) is 102 Å².